The Labute approximate surface area is 363 Å². The van der Waals surface area contributed by atoms with Gasteiger partial charge in [-0.3, -0.25) is 4.57 Å². The molecule has 63 heavy (non-hydrogen) atoms. The van der Waals surface area contributed by atoms with Gasteiger partial charge in [0.15, 0.2) is 11.6 Å². The van der Waals surface area contributed by atoms with E-state index in [1.807, 2.05) is 53.8 Å². The summed E-state index contributed by atoms with van der Waals surface area (Å²) in [7, 11) is 0. The van der Waals surface area contributed by atoms with E-state index in [-0.39, 0.29) is 0 Å². The number of furan rings is 1. The summed E-state index contributed by atoms with van der Waals surface area (Å²) in [6, 6.07) is 71.5. The van der Waals surface area contributed by atoms with Gasteiger partial charge in [0.05, 0.1) is 33.1 Å². The van der Waals surface area contributed by atoms with E-state index in [4.69, 9.17) is 14.6 Å². The largest absolute Gasteiger partial charge is 0.455 e. The molecule has 5 aromatic heterocycles. The van der Waals surface area contributed by atoms with E-state index in [1.165, 1.54) is 36.3 Å². The molecule has 0 saturated carbocycles. The fraction of sp³-hybridized carbons (Fsp3) is 0. The van der Waals surface area contributed by atoms with Crippen LogP contribution in [-0.4, -0.2) is 23.9 Å². The van der Waals surface area contributed by atoms with Crippen LogP contribution in [0.15, 0.2) is 205 Å². The van der Waals surface area contributed by atoms with Crippen LogP contribution in [0.5, 0.6) is 0 Å². The summed E-state index contributed by atoms with van der Waals surface area (Å²) in [5, 5.41) is 19.0. The number of hydrogen-bond acceptors (Lipinski definition) is 4. The number of hydrogen-bond donors (Lipinski definition) is 0. The molecule has 5 heterocycles. The van der Waals surface area contributed by atoms with E-state index < -0.39 is 0 Å². The van der Waals surface area contributed by atoms with Crippen LogP contribution in [0.4, 0.5) is 0 Å². The fourth-order valence-electron chi connectivity index (χ4n) is 10.00. The third-order valence-corrected chi connectivity index (χ3v) is 13.9. The van der Waals surface area contributed by atoms with Crippen LogP contribution in [0.25, 0.3) is 126 Å². The van der Waals surface area contributed by atoms with E-state index in [1.54, 1.807) is 0 Å². The molecular formula is C56H33N5OS. The number of para-hydroxylation sites is 3. The van der Waals surface area contributed by atoms with Crippen LogP contribution in [0.1, 0.15) is 0 Å². The van der Waals surface area contributed by atoms with Crippen molar-refractivity contribution in [2.24, 2.45) is 0 Å². The van der Waals surface area contributed by atoms with Crippen LogP contribution in [-0.2, 0) is 0 Å². The van der Waals surface area contributed by atoms with Gasteiger partial charge in [-0.05, 0) is 78.9 Å². The smallest absolute Gasteiger partial charge is 0.168 e. The molecule has 9 aromatic carbocycles. The van der Waals surface area contributed by atoms with Crippen molar-refractivity contribution < 1.29 is 4.42 Å². The molecule has 14 rings (SSSR count). The van der Waals surface area contributed by atoms with Gasteiger partial charge >= 0.3 is 0 Å². The molecule has 6 nitrogen and oxygen atoms in total. The Kier molecular flexibility index (Phi) is 7.17. The van der Waals surface area contributed by atoms with Crippen molar-refractivity contribution in [3.05, 3.63) is 200 Å². The lowest BCUT2D eigenvalue weighted by Gasteiger charge is -2.13. The Morgan fingerprint density at radius 1 is 0.349 bits per heavy atom. The van der Waals surface area contributed by atoms with Crippen molar-refractivity contribution in [3.63, 3.8) is 0 Å². The van der Waals surface area contributed by atoms with E-state index in [2.05, 4.69) is 171 Å². The van der Waals surface area contributed by atoms with Gasteiger partial charge < -0.3 is 13.6 Å². The zero-order chi connectivity index (χ0) is 41.2. The molecular weight excluding hydrogens is 791 g/mol. The highest BCUT2D eigenvalue weighted by Crippen LogP contribution is 2.43. The topological polar surface area (TPSA) is 53.7 Å². The summed E-state index contributed by atoms with van der Waals surface area (Å²) in [5.41, 5.74) is 11.6. The highest BCUT2D eigenvalue weighted by Gasteiger charge is 2.22. The molecule has 0 radical (unpaired) electrons. The predicted octanol–water partition coefficient (Wildman–Crippen LogP) is 15.1. The van der Waals surface area contributed by atoms with Crippen LogP contribution in [0.3, 0.4) is 0 Å². The molecule has 294 valence electrons. The van der Waals surface area contributed by atoms with Gasteiger partial charge in [-0.1, -0.05) is 121 Å². The van der Waals surface area contributed by atoms with Gasteiger partial charge in [-0.25, -0.2) is 0 Å². The maximum atomic E-state index is 6.61. The zero-order valence-corrected chi connectivity index (χ0v) is 34.4. The van der Waals surface area contributed by atoms with Crippen molar-refractivity contribution in [2.45, 2.75) is 0 Å². The summed E-state index contributed by atoms with van der Waals surface area (Å²) in [6.45, 7) is 0. The first kappa shape index (κ1) is 34.5. The standard InChI is InChI=1S/C56H33N5OS/c1-3-13-34(14-4-1)55-57-58-56(35-15-5-2-6-16-35)61(55)38-23-26-40-39-17-7-10-20-46(39)60(49(40)33-38)37-25-30-52-45(32-37)44-31-36(24-29-51(44)63-52)59-47-21-11-8-19-43(47)53-48(59)28-27-42-41-18-9-12-22-50(41)62-54(42)53/h1-33H. The molecule has 0 aliphatic rings. The molecule has 0 amide bonds. The minimum Gasteiger partial charge on any atom is -0.455 e. The van der Waals surface area contributed by atoms with Gasteiger partial charge in [0.25, 0.3) is 0 Å². The number of aromatic nitrogens is 5. The number of thiophene rings is 1. The van der Waals surface area contributed by atoms with Crippen LogP contribution >= 0.6 is 11.3 Å². The molecule has 0 bridgehead atoms. The molecule has 0 unspecified atom stereocenters. The average molecular weight is 824 g/mol. The molecule has 0 saturated heterocycles. The van der Waals surface area contributed by atoms with Gasteiger partial charge in [0.2, 0.25) is 0 Å². The Balaban J connectivity index is 0.977. The van der Waals surface area contributed by atoms with Crippen molar-refractivity contribution in [3.8, 4) is 39.8 Å². The molecule has 14 aromatic rings. The second-order valence-electron chi connectivity index (χ2n) is 16.2. The Morgan fingerprint density at radius 3 is 1.54 bits per heavy atom. The predicted molar refractivity (Wildman–Crippen MR) is 261 cm³/mol. The second kappa shape index (κ2) is 13.1. The lowest BCUT2D eigenvalue weighted by atomic mass is 10.1. The van der Waals surface area contributed by atoms with Gasteiger partial charge in [-0.15, -0.1) is 21.5 Å². The Morgan fingerprint density at radius 2 is 0.857 bits per heavy atom. The number of benzene rings is 9. The summed E-state index contributed by atoms with van der Waals surface area (Å²) in [6.07, 6.45) is 0. The summed E-state index contributed by atoms with van der Waals surface area (Å²) >= 11 is 1.84. The second-order valence-corrected chi connectivity index (χ2v) is 17.3. The molecule has 0 atom stereocenters. The normalized spacial score (nSPS) is 12.1. The van der Waals surface area contributed by atoms with E-state index in [0.29, 0.717) is 0 Å². The third kappa shape index (κ3) is 4.99. The summed E-state index contributed by atoms with van der Waals surface area (Å²) in [5.74, 6) is 1.59. The molecule has 0 spiro atoms. The summed E-state index contributed by atoms with van der Waals surface area (Å²) in [4.78, 5) is 0. The van der Waals surface area contributed by atoms with E-state index in [0.717, 1.165) is 89.2 Å². The monoisotopic (exact) mass is 823 g/mol. The first-order valence-corrected chi connectivity index (χ1v) is 22.0. The van der Waals surface area contributed by atoms with Gasteiger partial charge in [0.1, 0.15) is 11.2 Å². The highest BCUT2D eigenvalue weighted by atomic mass is 32.1. The third-order valence-electron chi connectivity index (χ3n) is 12.8. The lowest BCUT2D eigenvalue weighted by molar-refractivity contribution is 0.673. The maximum Gasteiger partial charge on any atom is 0.168 e. The van der Waals surface area contributed by atoms with E-state index in [9.17, 15) is 0 Å². The van der Waals surface area contributed by atoms with Gasteiger partial charge in [0, 0.05) is 69.6 Å². The van der Waals surface area contributed by atoms with Crippen LogP contribution < -0.4 is 0 Å². The number of rotatable bonds is 5. The fourth-order valence-corrected chi connectivity index (χ4v) is 11.1. The minimum absolute atomic E-state index is 0.795. The number of fused-ring (bicyclic) bond motifs is 13. The first-order chi connectivity index (χ1) is 31.2. The molecule has 0 aliphatic heterocycles. The minimum atomic E-state index is 0.795. The summed E-state index contributed by atoms with van der Waals surface area (Å²) < 4.78 is 16.1. The number of nitrogens with zero attached hydrogens (tertiary/aromatic N) is 5. The lowest BCUT2D eigenvalue weighted by Crippen LogP contribution is -2.01. The van der Waals surface area contributed by atoms with Crippen LogP contribution in [0, 0.1) is 0 Å². The first-order valence-electron chi connectivity index (χ1n) is 21.2. The average Bonchev–Trinajstić information content (AvgIpc) is 4.17. The SMILES string of the molecule is c1ccc(-c2nnc(-c3ccccc3)n2-c2ccc3c4ccccc4n(-c4ccc5sc6ccc(-n7c8ccccc8c8c9oc%10ccccc%10c9ccc87)cc6c5c4)c3c2)cc1. The van der Waals surface area contributed by atoms with E-state index >= 15 is 0 Å². The van der Waals surface area contributed by atoms with Crippen molar-refractivity contribution in [1.29, 1.82) is 0 Å². The van der Waals surface area contributed by atoms with Crippen molar-refractivity contribution in [1.82, 2.24) is 23.9 Å². The van der Waals surface area contributed by atoms with Gasteiger partial charge in [-0.2, -0.15) is 0 Å². The molecule has 0 aliphatic carbocycles. The zero-order valence-electron chi connectivity index (χ0n) is 33.6. The van der Waals surface area contributed by atoms with Crippen molar-refractivity contribution >= 4 is 97.1 Å². The Hall–Kier alpha value is -8.26. The molecule has 0 fully saturated rings. The molecule has 0 N–H and O–H groups in total. The maximum absolute atomic E-state index is 6.61. The quantitative estimate of drug-likeness (QED) is 0.174. The Bertz CT molecular complexity index is 4090. The van der Waals surface area contributed by atoms with Crippen molar-refractivity contribution in [2.75, 3.05) is 0 Å². The molecule has 7 heteroatoms. The van der Waals surface area contributed by atoms with Crippen LogP contribution in [0.2, 0.25) is 0 Å². The highest BCUT2D eigenvalue weighted by molar-refractivity contribution is 7.25.